The van der Waals surface area contributed by atoms with Gasteiger partial charge in [0, 0.05) is 23.9 Å². The van der Waals surface area contributed by atoms with Crippen LogP contribution in [0.2, 0.25) is 0 Å². The van der Waals surface area contributed by atoms with E-state index in [4.69, 9.17) is 9.47 Å². The van der Waals surface area contributed by atoms with E-state index in [0.29, 0.717) is 28.1 Å². The van der Waals surface area contributed by atoms with Crippen molar-refractivity contribution in [1.29, 1.82) is 0 Å². The minimum atomic E-state index is -0.369. The Balaban J connectivity index is 2.06. The van der Waals surface area contributed by atoms with Gasteiger partial charge in [0.1, 0.15) is 11.3 Å². The predicted octanol–water partition coefficient (Wildman–Crippen LogP) is 3.03. The fraction of sp³-hybridized carbons (Fsp3) is 0.158. The molecule has 0 spiro atoms. The van der Waals surface area contributed by atoms with Crippen molar-refractivity contribution in [3.63, 3.8) is 0 Å². The Hall–Kier alpha value is -3.35. The highest BCUT2D eigenvalue weighted by atomic mass is 19.1. The Labute approximate surface area is 148 Å². The molecule has 0 amide bonds. The molecule has 0 saturated carbocycles. The van der Waals surface area contributed by atoms with Gasteiger partial charge in [-0.1, -0.05) is 0 Å². The zero-order valence-corrected chi connectivity index (χ0v) is 14.5. The molecule has 132 valence electrons. The summed E-state index contributed by atoms with van der Waals surface area (Å²) in [5, 5.41) is 5.82. The number of halogens is 1. The SMILES string of the molecule is COc1cc2c3cnn(-c4ccc(F)cc4)c(=O)c3n(C)c2cc1OC. The molecule has 0 unspecified atom stereocenters. The minimum Gasteiger partial charge on any atom is -0.493 e. The van der Waals surface area contributed by atoms with Crippen LogP contribution >= 0.6 is 0 Å². The number of aryl methyl sites for hydroxylation is 1. The van der Waals surface area contributed by atoms with E-state index in [-0.39, 0.29) is 11.4 Å². The molecular formula is C19H16FN3O3. The third-order valence-corrected chi connectivity index (χ3v) is 4.51. The van der Waals surface area contributed by atoms with Gasteiger partial charge in [-0.25, -0.2) is 4.39 Å². The summed E-state index contributed by atoms with van der Waals surface area (Å²) in [7, 11) is 4.94. The van der Waals surface area contributed by atoms with E-state index in [0.717, 1.165) is 10.9 Å². The molecule has 7 heteroatoms. The number of rotatable bonds is 3. The normalized spacial score (nSPS) is 11.2. The van der Waals surface area contributed by atoms with Crippen LogP contribution < -0.4 is 15.0 Å². The van der Waals surface area contributed by atoms with Gasteiger partial charge in [-0.3, -0.25) is 4.79 Å². The zero-order valence-electron chi connectivity index (χ0n) is 14.5. The lowest BCUT2D eigenvalue weighted by atomic mass is 10.2. The van der Waals surface area contributed by atoms with E-state index in [9.17, 15) is 9.18 Å². The van der Waals surface area contributed by atoms with E-state index in [1.54, 1.807) is 25.0 Å². The molecule has 0 fully saturated rings. The maximum absolute atomic E-state index is 13.2. The largest absolute Gasteiger partial charge is 0.493 e. The van der Waals surface area contributed by atoms with Crippen molar-refractivity contribution in [2.45, 2.75) is 0 Å². The first-order chi connectivity index (χ1) is 12.5. The van der Waals surface area contributed by atoms with Crippen molar-refractivity contribution in [3.8, 4) is 17.2 Å². The lowest BCUT2D eigenvalue weighted by Gasteiger charge is -2.08. The molecule has 4 aromatic rings. The Kier molecular flexibility index (Phi) is 3.64. The van der Waals surface area contributed by atoms with Crippen LogP contribution in [0.3, 0.4) is 0 Å². The molecule has 0 aliphatic heterocycles. The summed E-state index contributed by atoms with van der Waals surface area (Å²) in [4.78, 5) is 13.0. The summed E-state index contributed by atoms with van der Waals surface area (Å²) in [5.41, 5.74) is 1.53. The number of hydrogen-bond acceptors (Lipinski definition) is 4. The topological polar surface area (TPSA) is 58.3 Å². The van der Waals surface area contributed by atoms with Gasteiger partial charge in [0.15, 0.2) is 11.5 Å². The highest BCUT2D eigenvalue weighted by Crippen LogP contribution is 2.36. The summed E-state index contributed by atoms with van der Waals surface area (Å²) in [6.45, 7) is 0. The molecule has 2 aromatic heterocycles. The second-order valence-electron chi connectivity index (χ2n) is 5.88. The van der Waals surface area contributed by atoms with E-state index in [2.05, 4.69) is 5.10 Å². The number of aromatic nitrogens is 3. The number of nitrogens with zero attached hydrogens (tertiary/aromatic N) is 3. The Morgan fingerprint density at radius 2 is 1.65 bits per heavy atom. The fourth-order valence-electron chi connectivity index (χ4n) is 3.21. The quantitative estimate of drug-likeness (QED) is 0.568. The number of hydrogen-bond donors (Lipinski definition) is 0. The summed E-state index contributed by atoms with van der Waals surface area (Å²) >= 11 is 0. The lowest BCUT2D eigenvalue weighted by molar-refractivity contribution is 0.356. The molecule has 4 rings (SSSR count). The summed E-state index contributed by atoms with van der Waals surface area (Å²) < 4.78 is 26.9. The van der Waals surface area contributed by atoms with Gasteiger partial charge in [0.25, 0.3) is 5.56 Å². The first kappa shape index (κ1) is 16.1. The van der Waals surface area contributed by atoms with Crippen LogP contribution in [0.4, 0.5) is 4.39 Å². The van der Waals surface area contributed by atoms with Crippen LogP contribution in [0.1, 0.15) is 0 Å². The summed E-state index contributed by atoms with van der Waals surface area (Å²) in [5.74, 6) is 0.791. The van der Waals surface area contributed by atoms with Crippen LogP contribution in [0.15, 0.2) is 47.4 Å². The minimum absolute atomic E-state index is 0.286. The Morgan fingerprint density at radius 1 is 1.00 bits per heavy atom. The van der Waals surface area contributed by atoms with Gasteiger partial charge < -0.3 is 14.0 Å². The number of ether oxygens (including phenoxy) is 2. The van der Waals surface area contributed by atoms with Gasteiger partial charge in [-0.05, 0) is 30.3 Å². The van der Waals surface area contributed by atoms with Crippen molar-refractivity contribution < 1.29 is 13.9 Å². The van der Waals surface area contributed by atoms with E-state index in [1.165, 1.54) is 28.9 Å². The standard InChI is InChI=1S/C19H16FN3O3/c1-22-15-9-17(26-3)16(25-2)8-13(15)14-10-21-23(19(24)18(14)22)12-6-4-11(20)5-7-12/h4-10H,1-3H3. The maximum Gasteiger partial charge on any atom is 0.296 e. The average molecular weight is 353 g/mol. The van der Waals surface area contributed by atoms with Gasteiger partial charge in [-0.15, -0.1) is 0 Å². The van der Waals surface area contributed by atoms with E-state index >= 15 is 0 Å². The summed E-state index contributed by atoms with van der Waals surface area (Å²) in [6, 6.07) is 9.29. The number of methoxy groups -OCH3 is 2. The van der Waals surface area contributed by atoms with Crippen molar-refractivity contribution in [1.82, 2.24) is 14.3 Å². The maximum atomic E-state index is 13.2. The lowest BCUT2D eigenvalue weighted by Crippen LogP contribution is -2.22. The van der Waals surface area contributed by atoms with Crippen LogP contribution in [-0.2, 0) is 7.05 Å². The average Bonchev–Trinajstić information content (AvgIpc) is 2.94. The second-order valence-corrected chi connectivity index (χ2v) is 5.88. The van der Waals surface area contributed by atoms with Crippen LogP contribution in [0.25, 0.3) is 27.5 Å². The molecular weight excluding hydrogens is 337 g/mol. The molecule has 0 aliphatic rings. The molecule has 0 atom stereocenters. The monoisotopic (exact) mass is 353 g/mol. The first-order valence-corrected chi connectivity index (χ1v) is 7.93. The summed E-state index contributed by atoms with van der Waals surface area (Å²) in [6.07, 6.45) is 1.63. The van der Waals surface area contributed by atoms with Crippen LogP contribution in [0, 0.1) is 5.82 Å². The molecule has 2 heterocycles. The van der Waals surface area contributed by atoms with E-state index < -0.39 is 0 Å². The first-order valence-electron chi connectivity index (χ1n) is 7.93. The van der Waals surface area contributed by atoms with Crippen LogP contribution in [0.5, 0.6) is 11.5 Å². The van der Waals surface area contributed by atoms with Gasteiger partial charge in [-0.2, -0.15) is 9.78 Å². The molecule has 0 radical (unpaired) electrons. The molecule has 0 saturated heterocycles. The molecule has 2 aromatic carbocycles. The third-order valence-electron chi connectivity index (χ3n) is 4.51. The fourth-order valence-corrected chi connectivity index (χ4v) is 3.21. The zero-order chi connectivity index (χ0) is 18.4. The van der Waals surface area contributed by atoms with Crippen molar-refractivity contribution in [3.05, 3.63) is 58.8 Å². The molecule has 0 N–H and O–H groups in total. The molecule has 6 nitrogen and oxygen atoms in total. The van der Waals surface area contributed by atoms with Gasteiger partial charge in [0.2, 0.25) is 0 Å². The predicted molar refractivity (Wildman–Crippen MR) is 96.9 cm³/mol. The second kappa shape index (κ2) is 5.87. The van der Waals surface area contributed by atoms with Gasteiger partial charge in [0.05, 0.1) is 31.6 Å². The smallest absolute Gasteiger partial charge is 0.296 e. The van der Waals surface area contributed by atoms with Crippen molar-refractivity contribution >= 4 is 21.8 Å². The third kappa shape index (κ3) is 2.24. The highest BCUT2D eigenvalue weighted by molar-refractivity contribution is 6.08. The Morgan fingerprint density at radius 3 is 2.31 bits per heavy atom. The molecule has 0 bridgehead atoms. The molecule has 26 heavy (non-hydrogen) atoms. The Bertz CT molecular complexity index is 1190. The van der Waals surface area contributed by atoms with Crippen molar-refractivity contribution in [2.24, 2.45) is 7.05 Å². The highest BCUT2D eigenvalue weighted by Gasteiger charge is 2.17. The molecule has 0 aliphatic carbocycles. The van der Waals surface area contributed by atoms with Gasteiger partial charge >= 0.3 is 0 Å². The van der Waals surface area contributed by atoms with Crippen LogP contribution in [-0.4, -0.2) is 28.6 Å². The number of benzene rings is 2. The van der Waals surface area contributed by atoms with Crippen molar-refractivity contribution in [2.75, 3.05) is 14.2 Å². The number of fused-ring (bicyclic) bond motifs is 3. The van der Waals surface area contributed by atoms with E-state index in [1.807, 2.05) is 19.2 Å².